The van der Waals surface area contributed by atoms with E-state index in [0.717, 1.165) is 18.3 Å². The highest BCUT2D eigenvalue weighted by atomic mass is 79.9. The Bertz CT molecular complexity index is 159. The fraction of sp³-hybridized carbons (Fsp3) is 1.00. The van der Waals surface area contributed by atoms with Crippen molar-refractivity contribution in [3.63, 3.8) is 0 Å². The van der Waals surface area contributed by atoms with Gasteiger partial charge in [-0.25, -0.2) is 0 Å². The summed E-state index contributed by atoms with van der Waals surface area (Å²) < 4.78 is 35.8. The molecular weight excluding hydrogens is 271 g/mol. The minimum absolute atomic E-state index is 0.198. The summed E-state index contributed by atoms with van der Waals surface area (Å²) in [5.74, 6) is 0. The van der Waals surface area contributed by atoms with Crippen LogP contribution in [-0.2, 0) is 0 Å². The zero-order valence-electron chi connectivity index (χ0n) is 9.28. The summed E-state index contributed by atoms with van der Waals surface area (Å²) in [7, 11) is 0. The molecule has 1 nitrogen and oxygen atoms in total. The molecule has 0 aromatic heterocycles. The summed E-state index contributed by atoms with van der Waals surface area (Å²) in [6, 6.07) is 0.317. The summed E-state index contributed by atoms with van der Waals surface area (Å²) >= 11 is 3.32. The van der Waals surface area contributed by atoms with Crippen molar-refractivity contribution in [2.75, 3.05) is 18.4 Å². The van der Waals surface area contributed by atoms with Crippen molar-refractivity contribution in [1.29, 1.82) is 0 Å². The zero-order valence-corrected chi connectivity index (χ0v) is 10.9. The topological polar surface area (TPSA) is 3.24 Å². The maximum atomic E-state index is 11.9. The Morgan fingerprint density at radius 2 is 1.67 bits per heavy atom. The molecule has 92 valence electrons. The smallest absolute Gasteiger partial charge is 0.301 e. The van der Waals surface area contributed by atoms with Crippen molar-refractivity contribution in [1.82, 2.24) is 4.90 Å². The van der Waals surface area contributed by atoms with Crippen LogP contribution in [0.5, 0.6) is 0 Å². The van der Waals surface area contributed by atoms with E-state index in [1.165, 1.54) is 0 Å². The number of alkyl halides is 4. The summed E-state index contributed by atoms with van der Waals surface area (Å²) in [6.07, 6.45) is -3.52. The number of hydrogen-bond acceptors (Lipinski definition) is 1. The number of rotatable bonds is 7. The first-order chi connectivity index (χ1) is 6.87. The van der Waals surface area contributed by atoms with Crippen molar-refractivity contribution in [3.05, 3.63) is 0 Å². The van der Waals surface area contributed by atoms with Gasteiger partial charge < -0.3 is 4.90 Å². The van der Waals surface area contributed by atoms with Gasteiger partial charge in [-0.1, -0.05) is 15.9 Å². The summed E-state index contributed by atoms with van der Waals surface area (Å²) in [6.45, 7) is 5.43. The van der Waals surface area contributed by atoms with Crippen molar-refractivity contribution in [3.8, 4) is 0 Å². The van der Waals surface area contributed by atoms with Crippen LogP contribution in [0.4, 0.5) is 13.2 Å². The summed E-state index contributed by atoms with van der Waals surface area (Å²) in [5, 5.41) is 0.898. The van der Waals surface area contributed by atoms with E-state index in [9.17, 15) is 13.2 Å². The van der Waals surface area contributed by atoms with Gasteiger partial charge in [0.15, 0.2) is 0 Å². The molecule has 0 spiro atoms. The lowest BCUT2D eigenvalue weighted by molar-refractivity contribution is -0.136. The van der Waals surface area contributed by atoms with Crippen LogP contribution in [0.15, 0.2) is 0 Å². The third-order valence-corrected chi connectivity index (χ3v) is 2.78. The third-order valence-electron chi connectivity index (χ3n) is 2.21. The highest BCUT2D eigenvalue weighted by molar-refractivity contribution is 9.09. The van der Waals surface area contributed by atoms with Crippen LogP contribution in [0.1, 0.15) is 33.1 Å². The van der Waals surface area contributed by atoms with Gasteiger partial charge in [-0.05, 0) is 39.8 Å². The molecule has 15 heavy (non-hydrogen) atoms. The van der Waals surface area contributed by atoms with Crippen LogP contribution in [-0.4, -0.2) is 35.5 Å². The second-order valence-electron chi connectivity index (χ2n) is 3.89. The van der Waals surface area contributed by atoms with Gasteiger partial charge in [0.1, 0.15) is 0 Å². The second kappa shape index (κ2) is 7.49. The molecule has 0 saturated heterocycles. The Kier molecular flexibility index (Phi) is 7.61. The molecule has 0 unspecified atom stereocenters. The standard InChI is InChI=1S/C10H19BrF3N/c1-9(2)15(8-4-6-11)7-3-5-10(12,13)14/h9H,3-8H2,1-2H3. The molecule has 0 aliphatic carbocycles. The van der Waals surface area contributed by atoms with Gasteiger partial charge >= 0.3 is 6.18 Å². The van der Waals surface area contributed by atoms with Gasteiger partial charge in [0.05, 0.1) is 0 Å². The molecule has 0 heterocycles. The monoisotopic (exact) mass is 289 g/mol. The molecule has 0 rings (SSSR count). The SMILES string of the molecule is CC(C)N(CCCBr)CCCC(F)(F)F. The molecule has 0 aromatic rings. The number of halogens is 4. The highest BCUT2D eigenvalue weighted by Gasteiger charge is 2.26. The zero-order chi connectivity index (χ0) is 11.9. The van der Waals surface area contributed by atoms with Gasteiger partial charge in [0, 0.05) is 17.8 Å². The fourth-order valence-electron chi connectivity index (χ4n) is 1.37. The van der Waals surface area contributed by atoms with Crippen LogP contribution in [0.2, 0.25) is 0 Å². The van der Waals surface area contributed by atoms with E-state index in [4.69, 9.17) is 0 Å². The number of hydrogen-bond donors (Lipinski definition) is 0. The Hall–Kier alpha value is 0.230. The van der Waals surface area contributed by atoms with E-state index in [1.54, 1.807) is 0 Å². The van der Waals surface area contributed by atoms with E-state index < -0.39 is 12.6 Å². The molecule has 0 saturated carbocycles. The van der Waals surface area contributed by atoms with Crippen LogP contribution in [0.3, 0.4) is 0 Å². The van der Waals surface area contributed by atoms with E-state index in [-0.39, 0.29) is 6.42 Å². The average Bonchev–Trinajstić information content (AvgIpc) is 2.08. The lowest BCUT2D eigenvalue weighted by atomic mass is 10.2. The molecule has 0 N–H and O–H groups in total. The average molecular weight is 290 g/mol. The Labute approximate surface area is 98.1 Å². The number of nitrogens with zero attached hydrogens (tertiary/aromatic N) is 1. The van der Waals surface area contributed by atoms with Crippen LogP contribution in [0, 0.1) is 0 Å². The maximum Gasteiger partial charge on any atom is 0.389 e. The normalized spacial score (nSPS) is 12.8. The molecule has 0 amide bonds. The lowest BCUT2D eigenvalue weighted by Crippen LogP contribution is -2.33. The van der Waals surface area contributed by atoms with Crippen LogP contribution >= 0.6 is 15.9 Å². The largest absolute Gasteiger partial charge is 0.389 e. The van der Waals surface area contributed by atoms with Crippen molar-refractivity contribution in [2.24, 2.45) is 0 Å². The summed E-state index contributed by atoms with van der Waals surface area (Å²) in [4.78, 5) is 2.09. The molecule has 0 bridgehead atoms. The van der Waals surface area contributed by atoms with E-state index in [0.29, 0.717) is 12.6 Å². The van der Waals surface area contributed by atoms with Crippen LogP contribution < -0.4 is 0 Å². The van der Waals surface area contributed by atoms with Gasteiger partial charge in [-0.15, -0.1) is 0 Å². The molecule has 0 aliphatic heterocycles. The first-order valence-electron chi connectivity index (χ1n) is 5.23. The molecule has 0 radical (unpaired) electrons. The minimum Gasteiger partial charge on any atom is -0.301 e. The van der Waals surface area contributed by atoms with E-state index in [2.05, 4.69) is 20.8 Å². The van der Waals surface area contributed by atoms with Gasteiger partial charge in [-0.3, -0.25) is 0 Å². The van der Waals surface area contributed by atoms with Crippen molar-refractivity contribution >= 4 is 15.9 Å². The third kappa shape index (κ3) is 9.18. The maximum absolute atomic E-state index is 11.9. The van der Waals surface area contributed by atoms with Gasteiger partial charge in [0.2, 0.25) is 0 Å². The van der Waals surface area contributed by atoms with Crippen molar-refractivity contribution in [2.45, 2.75) is 45.3 Å². The Morgan fingerprint density at radius 3 is 2.07 bits per heavy atom. The first kappa shape index (κ1) is 15.2. The molecule has 0 aromatic carbocycles. The van der Waals surface area contributed by atoms with E-state index in [1.807, 2.05) is 13.8 Å². The summed E-state index contributed by atoms with van der Waals surface area (Å²) in [5.41, 5.74) is 0. The molecule has 0 atom stereocenters. The molecular formula is C10H19BrF3N. The predicted octanol–water partition coefficient (Wildman–Crippen LogP) is 3.82. The van der Waals surface area contributed by atoms with Crippen LogP contribution in [0.25, 0.3) is 0 Å². The highest BCUT2D eigenvalue weighted by Crippen LogP contribution is 2.21. The minimum atomic E-state index is -4.02. The van der Waals surface area contributed by atoms with E-state index >= 15 is 0 Å². The first-order valence-corrected chi connectivity index (χ1v) is 6.35. The van der Waals surface area contributed by atoms with Crippen molar-refractivity contribution < 1.29 is 13.2 Å². The lowest BCUT2D eigenvalue weighted by Gasteiger charge is -2.26. The second-order valence-corrected chi connectivity index (χ2v) is 4.68. The molecule has 0 aliphatic rings. The fourth-order valence-corrected chi connectivity index (χ4v) is 1.62. The van der Waals surface area contributed by atoms with Gasteiger partial charge in [0.25, 0.3) is 0 Å². The molecule has 0 fully saturated rings. The molecule has 5 heteroatoms. The Morgan fingerprint density at radius 1 is 1.13 bits per heavy atom. The quantitative estimate of drug-likeness (QED) is 0.644. The van der Waals surface area contributed by atoms with Gasteiger partial charge in [-0.2, -0.15) is 13.2 Å². The predicted molar refractivity (Wildman–Crippen MR) is 60.4 cm³/mol. The Balaban J connectivity index is 3.76.